The lowest BCUT2D eigenvalue weighted by atomic mass is 9.93. The number of carboxylic acid groups (broad SMARTS) is 1. The number of piperidine rings is 1. The van der Waals surface area contributed by atoms with Gasteiger partial charge in [0.15, 0.2) is 5.13 Å². The van der Waals surface area contributed by atoms with Gasteiger partial charge in [-0.2, -0.15) is 0 Å². The maximum absolute atomic E-state index is 11.1. The van der Waals surface area contributed by atoms with Crippen molar-refractivity contribution in [3.8, 4) is 5.75 Å². The van der Waals surface area contributed by atoms with E-state index in [1.165, 1.54) is 16.2 Å². The van der Waals surface area contributed by atoms with Gasteiger partial charge in [0.1, 0.15) is 11.4 Å². The zero-order valence-electron chi connectivity index (χ0n) is 16.0. The number of anilines is 2. The van der Waals surface area contributed by atoms with E-state index in [1.807, 2.05) is 12.1 Å². The van der Waals surface area contributed by atoms with Crippen LogP contribution in [0.3, 0.4) is 0 Å². The normalized spacial score (nSPS) is 21.7. The summed E-state index contributed by atoms with van der Waals surface area (Å²) in [5.41, 5.74) is 7.70. The largest absolute Gasteiger partial charge is 0.487 e. The van der Waals surface area contributed by atoms with Crippen molar-refractivity contribution in [3.63, 3.8) is 0 Å². The van der Waals surface area contributed by atoms with Crippen LogP contribution in [0.2, 0.25) is 0 Å². The molecule has 2 aromatic rings. The Labute approximate surface area is 168 Å². The third-order valence-electron chi connectivity index (χ3n) is 5.76. The summed E-state index contributed by atoms with van der Waals surface area (Å²) in [6, 6.07) is 8.49. The molecule has 1 atom stereocenters. The molecule has 0 spiro atoms. The van der Waals surface area contributed by atoms with Crippen LogP contribution in [0.1, 0.15) is 44.3 Å². The quantitative estimate of drug-likeness (QED) is 0.804. The van der Waals surface area contributed by atoms with Gasteiger partial charge in [-0.1, -0.05) is 0 Å². The highest BCUT2D eigenvalue weighted by Crippen LogP contribution is 2.38. The van der Waals surface area contributed by atoms with Gasteiger partial charge in [-0.3, -0.25) is 0 Å². The van der Waals surface area contributed by atoms with Crippen LogP contribution in [0.5, 0.6) is 5.75 Å². The molecule has 0 radical (unpaired) electrons. The first-order valence-corrected chi connectivity index (χ1v) is 10.6. The zero-order valence-corrected chi connectivity index (χ0v) is 16.8. The molecule has 28 heavy (non-hydrogen) atoms. The Kier molecular flexibility index (Phi) is 5.05. The summed E-state index contributed by atoms with van der Waals surface area (Å²) < 4.78 is 6.24. The number of benzene rings is 1. The number of nitrogen functional groups attached to an aromatic ring is 1. The molecule has 2 fully saturated rings. The summed E-state index contributed by atoms with van der Waals surface area (Å²) >= 11 is 1.49. The van der Waals surface area contributed by atoms with Crippen LogP contribution >= 0.6 is 11.3 Å². The molecule has 8 heteroatoms. The fourth-order valence-corrected chi connectivity index (χ4v) is 4.71. The van der Waals surface area contributed by atoms with Crippen LogP contribution in [-0.4, -0.2) is 46.3 Å². The van der Waals surface area contributed by atoms with Crippen molar-refractivity contribution >= 4 is 28.2 Å². The van der Waals surface area contributed by atoms with Gasteiger partial charge in [-0.15, -0.1) is 11.3 Å². The van der Waals surface area contributed by atoms with E-state index in [0.29, 0.717) is 31.1 Å². The summed E-state index contributed by atoms with van der Waals surface area (Å²) in [5.74, 6) is 0.823. The van der Waals surface area contributed by atoms with Crippen molar-refractivity contribution in [1.82, 2.24) is 9.88 Å². The molecule has 7 nitrogen and oxygen atoms in total. The van der Waals surface area contributed by atoms with E-state index in [-0.39, 0.29) is 11.6 Å². The molecule has 2 aliphatic heterocycles. The number of nitrogens with two attached hydrogens (primary N) is 1. The second-order valence-electron chi connectivity index (χ2n) is 7.78. The number of ether oxygens (including phenoxy) is 1. The lowest BCUT2D eigenvalue weighted by Crippen LogP contribution is -2.47. The smallest absolute Gasteiger partial charge is 0.407 e. The molecule has 0 saturated carbocycles. The lowest BCUT2D eigenvalue weighted by Gasteiger charge is -2.38. The van der Waals surface area contributed by atoms with Gasteiger partial charge in [0.05, 0.1) is 11.7 Å². The molecule has 150 valence electrons. The first-order valence-electron chi connectivity index (χ1n) is 9.68. The molecule has 1 amide bonds. The number of hydrogen-bond donors (Lipinski definition) is 2. The van der Waals surface area contributed by atoms with Gasteiger partial charge in [-0.25, -0.2) is 9.78 Å². The number of hydrogen-bond acceptors (Lipinski definition) is 6. The number of amides is 1. The molecule has 1 aromatic carbocycles. The number of aromatic nitrogens is 1. The summed E-state index contributed by atoms with van der Waals surface area (Å²) in [4.78, 5) is 19.4. The fraction of sp³-hybridized carbons (Fsp3) is 0.500. The molecule has 4 rings (SSSR count). The Balaban J connectivity index is 1.42. The first kappa shape index (κ1) is 18.9. The van der Waals surface area contributed by atoms with E-state index in [4.69, 9.17) is 15.6 Å². The van der Waals surface area contributed by atoms with Crippen LogP contribution in [0, 0.1) is 0 Å². The second-order valence-corrected chi connectivity index (χ2v) is 8.67. The molecular formula is C20H26N4O3S. The maximum Gasteiger partial charge on any atom is 0.407 e. The van der Waals surface area contributed by atoms with E-state index in [2.05, 4.69) is 34.3 Å². The number of thiazole rings is 1. The standard InChI is InChI=1S/C20H26N4O3S/c1-20(8-11-23(12-9-20)19(25)26)27-15-6-4-14(5-7-15)24-10-2-3-17(24)16-13-28-18(21)22-16/h4-7,13,17H,2-3,8-12H2,1H3,(H2,21,22)(H,25,26)/t17-/m1/s1. The lowest BCUT2D eigenvalue weighted by molar-refractivity contribution is 0.0199. The van der Waals surface area contributed by atoms with Crippen molar-refractivity contribution in [2.75, 3.05) is 30.3 Å². The van der Waals surface area contributed by atoms with Gasteiger partial charge in [0.2, 0.25) is 0 Å². The minimum absolute atomic E-state index is 0.276. The Morgan fingerprint density at radius 3 is 2.61 bits per heavy atom. The zero-order chi connectivity index (χ0) is 19.7. The molecule has 0 bridgehead atoms. The van der Waals surface area contributed by atoms with Gasteiger partial charge in [0.25, 0.3) is 0 Å². The highest BCUT2D eigenvalue weighted by molar-refractivity contribution is 7.13. The molecule has 0 unspecified atom stereocenters. The number of carbonyl (C=O) groups is 1. The van der Waals surface area contributed by atoms with Crippen molar-refractivity contribution in [2.45, 2.75) is 44.2 Å². The third-order valence-corrected chi connectivity index (χ3v) is 6.45. The Bertz CT molecular complexity index is 830. The molecule has 1 aromatic heterocycles. The Morgan fingerprint density at radius 2 is 2.00 bits per heavy atom. The van der Waals surface area contributed by atoms with Crippen molar-refractivity contribution in [2.24, 2.45) is 0 Å². The highest BCUT2D eigenvalue weighted by Gasteiger charge is 2.34. The summed E-state index contributed by atoms with van der Waals surface area (Å²) in [6.45, 7) is 4.08. The number of nitrogens with zero attached hydrogens (tertiary/aromatic N) is 3. The molecule has 2 aliphatic rings. The van der Waals surface area contributed by atoms with E-state index in [1.54, 1.807) is 0 Å². The minimum Gasteiger partial charge on any atom is -0.487 e. The topological polar surface area (TPSA) is 91.9 Å². The maximum atomic E-state index is 11.1. The predicted octanol–water partition coefficient (Wildman–Crippen LogP) is 3.98. The van der Waals surface area contributed by atoms with Gasteiger partial charge < -0.3 is 25.4 Å². The van der Waals surface area contributed by atoms with Crippen molar-refractivity contribution in [1.29, 1.82) is 0 Å². The van der Waals surface area contributed by atoms with Gasteiger partial charge >= 0.3 is 6.09 Å². The van der Waals surface area contributed by atoms with E-state index in [9.17, 15) is 4.79 Å². The van der Waals surface area contributed by atoms with Gasteiger partial charge in [-0.05, 0) is 44.0 Å². The van der Waals surface area contributed by atoms with Crippen molar-refractivity contribution < 1.29 is 14.6 Å². The Morgan fingerprint density at radius 1 is 1.29 bits per heavy atom. The van der Waals surface area contributed by atoms with Crippen molar-refractivity contribution in [3.05, 3.63) is 35.3 Å². The van der Waals surface area contributed by atoms with E-state index in [0.717, 1.165) is 36.5 Å². The van der Waals surface area contributed by atoms with Crippen LogP contribution in [0.25, 0.3) is 0 Å². The van der Waals surface area contributed by atoms with Crippen LogP contribution in [-0.2, 0) is 0 Å². The Hall–Kier alpha value is -2.48. The summed E-state index contributed by atoms with van der Waals surface area (Å²) in [6.07, 6.45) is 2.76. The number of rotatable bonds is 4. The van der Waals surface area contributed by atoms with Crippen LogP contribution in [0.15, 0.2) is 29.6 Å². The fourth-order valence-electron chi connectivity index (χ4n) is 4.10. The van der Waals surface area contributed by atoms with E-state index < -0.39 is 6.09 Å². The predicted molar refractivity (Wildman–Crippen MR) is 110 cm³/mol. The first-order chi connectivity index (χ1) is 13.4. The average Bonchev–Trinajstić information content (AvgIpc) is 3.31. The van der Waals surface area contributed by atoms with E-state index >= 15 is 0 Å². The molecule has 3 N–H and O–H groups in total. The molecule has 3 heterocycles. The summed E-state index contributed by atoms with van der Waals surface area (Å²) in [7, 11) is 0. The average molecular weight is 403 g/mol. The highest BCUT2D eigenvalue weighted by atomic mass is 32.1. The monoisotopic (exact) mass is 402 g/mol. The minimum atomic E-state index is -0.853. The SMILES string of the molecule is CC1(Oc2ccc(N3CCC[C@@H]3c3csc(N)n3)cc2)CCN(C(=O)O)CC1. The van der Waals surface area contributed by atoms with Gasteiger partial charge in [0, 0.05) is 43.5 Å². The molecule has 2 saturated heterocycles. The molecule has 0 aliphatic carbocycles. The van der Waals surface area contributed by atoms with Crippen LogP contribution in [0.4, 0.5) is 15.6 Å². The van der Waals surface area contributed by atoms with Crippen LogP contribution < -0.4 is 15.4 Å². The second kappa shape index (κ2) is 7.50. The molecular weight excluding hydrogens is 376 g/mol. The third kappa shape index (κ3) is 3.87. The summed E-state index contributed by atoms with van der Waals surface area (Å²) in [5, 5.41) is 11.8. The number of likely N-dealkylation sites (tertiary alicyclic amines) is 1.